The maximum absolute atomic E-state index is 13.0. The molecule has 1 aromatic heterocycles. The summed E-state index contributed by atoms with van der Waals surface area (Å²) in [5, 5.41) is 5.91. The van der Waals surface area contributed by atoms with Crippen molar-refractivity contribution >= 4 is 29.1 Å². The number of hydrogen-bond acceptors (Lipinski definition) is 4. The van der Waals surface area contributed by atoms with Crippen LogP contribution in [0.1, 0.15) is 31.4 Å². The van der Waals surface area contributed by atoms with E-state index in [0.29, 0.717) is 19.1 Å². The number of alkyl halides is 3. The molecule has 0 radical (unpaired) electrons. The molecule has 2 aliphatic rings. The van der Waals surface area contributed by atoms with E-state index in [1.807, 2.05) is 4.90 Å². The molecular formula is C13H16F3N5S. The lowest BCUT2D eigenvalue weighted by atomic mass is 10.3. The van der Waals surface area contributed by atoms with Gasteiger partial charge in [0.1, 0.15) is 5.82 Å². The molecule has 22 heavy (non-hydrogen) atoms. The van der Waals surface area contributed by atoms with Gasteiger partial charge in [-0.3, -0.25) is 0 Å². The number of rotatable bonds is 3. The molecule has 5 nitrogen and oxygen atoms in total. The molecule has 0 bridgehead atoms. The summed E-state index contributed by atoms with van der Waals surface area (Å²) in [6.07, 6.45) is -0.570. The zero-order valence-electron chi connectivity index (χ0n) is 11.8. The van der Waals surface area contributed by atoms with Gasteiger partial charge in [-0.05, 0) is 37.9 Å². The molecule has 1 saturated carbocycles. The number of halogens is 3. The largest absolute Gasteiger partial charge is 0.433 e. The number of aromatic nitrogens is 2. The van der Waals surface area contributed by atoms with Gasteiger partial charge in [-0.1, -0.05) is 0 Å². The van der Waals surface area contributed by atoms with Gasteiger partial charge in [0, 0.05) is 25.2 Å². The van der Waals surface area contributed by atoms with Crippen LogP contribution in [0.25, 0.3) is 0 Å². The van der Waals surface area contributed by atoms with Crippen molar-refractivity contribution in [1.82, 2.24) is 15.3 Å². The van der Waals surface area contributed by atoms with E-state index in [4.69, 9.17) is 12.2 Å². The van der Waals surface area contributed by atoms with Crippen molar-refractivity contribution in [3.05, 3.63) is 11.8 Å². The molecule has 0 spiro atoms. The van der Waals surface area contributed by atoms with Gasteiger partial charge in [0.2, 0.25) is 5.95 Å². The third-order valence-electron chi connectivity index (χ3n) is 3.57. The van der Waals surface area contributed by atoms with Gasteiger partial charge in [-0.2, -0.15) is 18.2 Å². The lowest BCUT2D eigenvalue weighted by molar-refractivity contribution is -0.141. The Morgan fingerprint density at radius 1 is 1.23 bits per heavy atom. The molecular weight excluding hydrogens is 315 g/mol. The van der Waals surface area contributed by atoms with Gasteiger partial charge in [0.15, 0.2) is 10.8 Å². The van der Waals surface area contributed by atoms with Crippen molar-refractivity contribution in [2.24, 2.45) is 0 Å². The molecule has 0 aromatic carbocycles. The molecule has 0 unspecified atom stereocenters. The van der Waals surface area contributed by atoms with E-state index >= 15 is 0 Å². The van der Waals surface area contributed by atoms with Crippen LogP contribution in [0.5, 0.6) is 0 Å². The normalized spacial score (nSPS) is 18.4. The summed E-state index contributed by atoms with van der Waals surface area (Å²) in [5.41, 5.74) is -0.957. The second kappa shape index (κ2) is 5.86. The summed E-state index contributed by atoms with van der Waals surface area (Å²) in [4.78, 5) is 9.55. The quantitative estimate of drug-likeness (QED) is 0.830. The predicted molar refractivity (Wildman–Crippen MR) is 80.9 cm³/mol. The number of anilines is 2. The maximum atomic E-state index is 13.0. The topological polar surface area (TPSA) is 53.1 Å². The minimum absolute atomic E-state index is 0.116. The Morgan fingerprint density at radius 3 is 2.50 bits per heavy atom. The van der Waals surface area contributed by atoms with Crippen molar-refractivity contribution in [1.29, 1.82) is 0 Å². The Kier molecular flexibility index (Phi) is 4.07. The van der Waals surface area contributed by atoms with Gasteiger partial charge in [-0.25, -0.2) is 4.98 Å². The van der Waals surface area contributed by atoms with Crippen LogP contribution >= 0.6 is 12.2 Å². The lowest BCUT2D eigenvalue weighted by Crippen LogP contribution is -2.31. The fourth-order valence-corrected chi connectivity index (χ4v) is 2.55. The van der Waals surface area contributed by atoms with Gasteiger partial charge in [0.05, 0.1) is 0 Å². The number of thiocarbonyl (C=S) groups is 1. The van der Waals surface area contributed by atoms with E-state index in [2.05, 4.69) is 20.6 Å². The molecule has 2 fully saturated rings. The van der Waals surface area contributed by atoms with E-state index in [0.717, 1.165) is 31.7 Å². The molecule has 0 atom stereocenters. The summed E-state index contributed by atoms with van der Waals surface area (Å²) < 4.78 is 39.0. The standard InChI is InChI=1S/C13H16F3N5S/c14-13(15,16)9-7-10(21-5-1-2-6-21)19-11(18-9)20-12(22)17-8-3-4-8/h7-8H,1-6H2,(H2,17,18,19,20,22). The Bertz CT molecular complexity index is 567. The second-order valence-electron chi connectivity index (χ2n) is 5.50. The number of nitrogens with zero attached hydrogens (tertiary/aromatic N) is 3. The smallest absolute Gasteiger partial charge is 0.360 e. The number of hydrogen-bond donors (Lipinski definition) is 2. The number of nitrogens with one attached hydrogen (secondary N) is 2. The van der Waals surface area contributed by atoms with E-state index < -0.39 is 11.9 Å². The van der Waals surface area contributed by atoms with Crippen molar-refractivity contribution in [3.8, 4) is 0 Å². The molecule has 2 heterocycles. The van der Waals surface area contributed by atoms with Crippen LogP contribution in [0.2, 0.25) is 0 Å². The first-order valence-electron chi connectivity index (χ1n) is 7.20. The minimum Gasteiger partial charge on any atom is -0.360 e. The van der Waals surface area contributed by atoms with Crippen LogP contribution in [-0.2, 0) is 6.18 Å². The van der Waals surface area contributed by atoms with Crippen LogP contribution in [0.3, 0.4) is 0 Å². The Morgan fingerprint density at radius 2 is 1.91 bits per heavy atom. The zero-order chi connectivity index (χ0) is 15.7. The van der Waals surface area contributed by atoms with Gasteiger partial charge >= 0.3 is 6.18 Å². The Labute approximate surface area is 131 Å². The molecule has 1 aliphatic heterocycles. The van der Waals surface area contributed by atoms with Crippen LogP contribution in [0.4, 0.5) is 24.9 Å². The average molecular weight is 331 g/mol. The summed E-state index contributed by atoms with van der Waals surface area (Å²) in [5.74, 6) is 0.173. The van der Waals surface area contributed by atoms with E-state index in [-0.39, 0.29) is 16.9 Å². The molecule has 120 valence electrons. The molecule has 1 aliphatic carbocycles. The summed E-state index contributed by atoms with van der Waals surface area (Å²) in [6.45, 7) is 1.41. The van der Waals surface area contributed by atoms with Crippen LogP contribution in [-0.4, -0.2) is 34.2 Å². The molecule has 9 heteroatoms. The van der Waals surface area contributed by atoms with Gasteiger partial charge in [-0.15, -0.1) is 0 Å². The molecule has 1 aromatic rings. The maximum Gasteiger partial charge on any atom is 0.433 e. The van der Waals surface area contributed by atoms with Crippen molar-refractivity contribution < 1.29 is 13.2 Å². The molecule has 3 rings (SSSR count). The van der Waals surface area contributed by atoms with E-state index in [1.54, 1.807) is 0 Å². The monoisotopic (exact) mass is 331 g/mol. The van der Waals surface area contributed by atoms with Crippen LogP contribution in [0, 0.1) is 0 Å². The molecule has 1 saturated heterocycles. The Balaban J connectivity index is 1.83. The highest BCUT2D eigenvalue weighted by atomic mass is 32.1. The summed E-state index contributed by atoms with van der Waals surface area (Å²) in [6, 6.07) is 1.30. The SMILES string of the molecule is FC(F)(F)c1cc(N2CCCC2)nc(NC(=S)NC2CC2)n1. The first-order valence-corrected chi connectivity index (χ1v) is 7.61. The van der Waals surface area contributed by atoms with Gasteiger partial charge < -0.3 is 15.5 Å². The Hall–Kier alpha value is -1.64. The van der Waals surface area contributed by atoms with Crippen LogP contribution in [0.15, 0.2) is 6.07 Å². The summed E-state index contributed by atoms with van der Waals surface area (Å²) in [7, 11) is 0. The van der Waals surface area contributed by atoms with E-state index in [9.17, 15) is 13.2 Å². The fraction of sp³-hybridized carbons (Fsp3) is 0.615. The lowest BCUT2D eigenvalue weighted by Gasteiger charge is -2.19. The van der Waals surface area contributed by atoms with Crippen molar-refractivity contribution in [2.75, 3.05) is 23.3 Å². The highest BCUT2D eigenvalue weighted by molar-refractivity contribution is 7.80. The highest BCUT2D eigenvalue weighted by Gasteiger charge is 2.34. The third-order valence-corrected chi connectivity index (χ3v) is 3.79. The highest BCUT2D eigenvalue weighted by Crippen LogP contribution is 2.31. The van der Waals surface area contributed by atoms with Crippen molar-refractivity contribution in [2.45, 2.75) is 37.9 Å². The summed E-state index contributed by atoms with van der Waals surface area (Å²) >= 11 is 5.07. The second-order valence-corrected chi connectivity index (χ2v) is 5.91. The first kappa shape index (κ1) is 15.3. The molecule has 0 amide bonds. The predicted octanol–water partition coefficient (Wildman–Crippen LogP) is 2.54. The van der Waals surface area contributed by atoms with Crippen molar-refractivity contribution in [3.63, 3.8) is 0 Å². The average Bonchev–Trinajstić information content (AvgIpc) is 3.07. The minimum atomic E-state index is -4.51. The zero-order valence-corrected chi connectivity index (χ0v) is 12.6. The first-order chi connectivity index (χ1) is 10.4. The third kappa shape index (κ3) is 3.76. The van der Waals surface area contributed by atoms with Gasteiger partial charge in [0.25, 0.3) is 0 Å². The molecule has 2 N–H and O–H groups in total. The van der Waals surface area contributed by atoms with E-state index in [1.165, 1.54) is 0 Å². The fourth-order valence-electron chi connectivity index (χ4n) is 2.29. The van der Waals surface area contributed by atoms with Crippen LogP contribution < -0.4 is 15.5 Å².